The lowest BCUT2D eigenvalue weighted by Crippen LogP contribution is -2.47. The van der Waals surface area contributed by atoms with Crippen LogP contribution in [0.15, 0.2) is 24.3 Å². The molecule has 1 aliphatic carbocycles. The molecule has 0 radical (unpaired) electrons. The lowest BCUT2D eigenvalue weighted by atomic mass is 9.65. The highest BCUT2D eigenvalue weighted by Gasteiger charge is 2.37. The second-order valence-corrected chi connectivity index (χ2v) is 7.29. The third kappa shape index (κ3) is 3.60. The maximum Gasteiger partial charge on any atom is 0.123 e. The Labute approximate surface area is 122 Å². The third-order valence-corrected chi connectivity index (χ3v) is 5.44. The summed E-state index contributed by atoms with van der Waals surface area (Å²) in [5.41, 5.74) is 7.87. The molecule has 1 fully saturated rings. The molecule has 1 nitrogen and oxygen atoms in total. The molecule has 1 aliphatic rings. The van der Waals surface area contributed by atoms with Gasteiger partial charge in [0.1, 0.15) is 5.82 Å². The molecule has 2 heteroatoms. The maximum atomic E-state index is 13.3. The third-order valence-electron chi connectivity index (χ3n) is 5.44. The molecule has 0 aliphatic heterocycles. The van der Waals surface area contributed by atoms with Gasteiger partial charge in [0.2, 0.25) is 0 Å². The van der Waals surface area contributed by atoms with Crippen molar-refractivity contribution in [1.82, 2.24) is 0 Å². The van der Waals surface area contributed by atoms with E-state index in [-0.39, 0.29) is 11.4 Å². The first-order valence-corrected chi connectivity index (χ1v) is 7.88. The fourth-order valence-corrected chi connectivity index (χ4v) is 3.49. The summed E-state index contributed by atoms with van der Waals surface area (Å²) in [5.74, 6) is 0.614. The van der Waals surface area contributed by atoms with Crippen LogP contribution in [0.1, 0.15) is 58.4 Å². The van der Waals surface area contributed by atoms with Crippen molar-refractivity contribution in [2.75, 3.05) is 0 Å². The van der Waals surface area contributed by atoms with Gasteiger partial charge in [0.25, 0.3) is 0 Å². The molecular formula is C18H28FN. The van der Waals surface area contributed by atoms with Crippen LogP contribution >= 0.6 is 0 Å². The number of rotatable bonds is 4. The monoisotopic (exact) mass is 277 g/mol. The van der Waals surface area contributed by atoms with Crippen LogP contribution in [-0.4, -0.2) is 5.54 Å². The molecule has 112 valence electrons. The minimum Gasteiger partial charge on any atom is -0.325 e. The molecular weight excluding hydrogens is 249 g/mol. The molecule has 0 spiro atoms. The van der Waals surface area contributed by atoms with Gasteiger partial charge in [0, 0.05) is 5.54 Å². The van der Waals surface area contributed by atoms with Gasteiger partial charge in [0.15, 0.2) is 0 Å². The molecule has 1 aromatic carbocycles. The van der Waals surface area contributed by atoms with Crippen LogP contribution in [0.4, 0.5) is 4.39 Å². The van der Waals surface area contributed by atoms with Crippen molar-refractivity contribution in [1.29, 1.82) is 0 Å². The van der Waals surface area contributed by atoms with Crippen molar-refractivity contribution in [3.63, 3.8) is 0 Å². The van der Waals surface area contributed by atoms with Crippen molar-refractivity contribution in [3.05, 3.63) is 35.6 Å². The van der Waals surface area contributed by atoms with E-state index in [1.54, 1.807) is 12.1 Å². The van der Waals surface area contributed by atoms with Crippen LogP contribution in [-0.2, 0) is 6.42 Å². The SMILES string of the molecule is CCC(C)(C)C1CCC(N)(Cc2cccc(F)c2)CC1. The van der Waals surface area contributed by atoms with Crippen LogP contribution in [0, 0.1) is 17.2 Å². The van der Waals surface area contributed by atoms with Gasteiger partial charge in [-0.2, -0.15) is 0 Å². The highest BCUT2D eigenvalue weighted by Crippen LogP contribution is 2.43. The van der Waals surface area contributed by atoms with Gasteiger partial charge >= 0.3 is 0 Å². The summed E-state index contributed by atoms with van der Waals surface area (Å²) in [6.45, 7) is 7.01. The average Bonchev–Trinajstić information content (AvgIpc) is 2.39. The Morgan fingerprint density at radius 3 is 2.50 bits per heavy atom. The number of benzene rings is 1. The fraction of sp³-hybridized carbons (Fsp3) is 0.667. The van der Waals surface area contributed by atoms with Crippen molar-refractivity contribution >= 4 is 0 Å². The molecule has 0 amide bonds. The molecule has 2 N–H and O–H groups in total. The maximum absolute atomic E-state index is 13.3. The summed E-state index contributed by atoms with van der Waals surface area (Å²) in [5, 5.41) is 0. The molecule has 0 heterocycles. The summed E-state index contributed by atoms with van der Waals surface area (Å²) in [6, 6.07) is 6.88. The molecule has 2 rings (SSSR count). The van der Waals surface area contributed by atoms with E-state index in [4.69, 9.17) is 5.73 Å². The van der Waals surface area contributed by atoms with E-state index < -0.39 is 0 Å². The summed E-state index contributed by atoms with van der Waals surface area (Å²) in [4.78, 5) is 0. The molecule has 0 bridgehead atoms. The Kier molecular flexibility index (Phi) is 4.53. The number of hydrogen-bond acceptors (Lipinski definition) is 1. The quantitative estimate of drug-likeness (QED) is 0.848. The molecule has 0 saturated heterocycles. The normalized spacial score (nSPS) is 27.6. The topological polar surface area (TPSA) is 26.0 Å². The molecule has 1 saturated carbocycles. The summed E-state index contributed by atoms with van der Waals surface area (Å²) < 4.78 is 13.3. The lowest BCUT2D eigenvalue weighted by Gasteiger charge is -2.43. The number of hydrogen-bond donors (Lipinski definition) is 1. The first kappa shape index (κ1) is 15.5. The summed E-state index contributed by atoms with van der Waals surface area (Å²) in [6.07, 6.45) is 6.53. The van der Waals surface area contributed by atoms with Crippen LogP contribution in [0.2, 0.25) is 0 Å². The number of halogens is 1. The Morgan fingerprint density at radius 2 is 1.95 bits per heavy atom. The van der Waals surface area contributed by atoms with Crippen molar-refractivity contribution in [3.8, 4) is 0 Å². The van der Waals surface area contributed by atoms with E-state index in [1.807, 2.05) is 6.07 Å². The second kappa shape index (κ2) is 5.85. The molecule has 0 atom stereocenters. The minimum atomic E-state index is -0.160. The van der Waals surface area contributed by atoms with Gasteiger partial charge in [-0.25, -0.2) is 4.39 Å². The van der Waals surface area contributed by atoms with Crippen LogP contribution in [0.5, 0.6) is 0 Å². The van der Waals surface area contributed by atoms with Crippen molar-refractivity contribution in [2.45, 2.75) is 64.8 Å². The van der Waals surface area contributed by atoms with E-state index in [1.165, 1.54) is 25.3 Å². The molecule has 0 unspecified atom stereocenters. The second-order valence-electron chi connectivity index (χ2n) is 7.29. The van der Waals surface area contributed by atoms with Crippen molar-refractivity contribution in [2.24, 2.45) is 17.1 Å². The predicted molar refractivity (Wildman–Crippen MR) is 83.1 cm³/mol. The Hall–Kier alpha value is -0.890. The van der Waals surface area contributed by atoms with E-state index in [2.05, 4.69) is 20.8 Å². The van der Waals surface area contributed by atoms with E-state index in [9.17, 15) is 4.39 Å². The fourth-order valence-electron chi connectivity index (χ4n) is 3.49. The van der Waals surface area contributed by atoms with E-state index in [0.717, 1.165) is 30.7 Å². The minimum absolute atomic E-state index is 0.145. The van der Waals surface area contributed by atoms with Gasteiger partial charge in [-0.3, -0.25) is 0 Å². The zero-order chi connectivity index (χ0) is 14.8. The van der Waals surface area contributed by atoms with Gasteiger partial charge < -0.3 is 5.73 Å². The number of nitrogens with two attached hydrogens (primary N) is 1. The van der Waals surface area contributed by atoms with Crippen LogP contribution < -0.4 is 5.73 Å². The van der Waals surface area contributed by atoms with Gasteiger partial charge in [-0.05, 0) is 61.1 Å². The molecule has 0 aromatic heterocycles. The van der Waals surface area contributed by atoms with Crippen molar-refractivity contribution < 1.29 is 4.39 Å². The lowest BCUT2D eigenvalue weighted by molar-refractivity contribution is 0.115. The zero-order valence-electron chi connectivity index (χ0n) is 13.1. The standard InChI is InChI=1S/C18H28FN/c1-4-17(2,3)15-8-10-18(20,11-9-15)13-14-6-5-7-16(19)12-14/h5-7,12,15H,4,8-11,13,20H2,1-3H3. The molecule has 1 aromatic rings. The first-order chi connectivity index (χ1) is 9.35. The highest BCUT2D eigenvalue weighted by molar-refractivity contribution is 5.19. The van der Waals surface area contributed by atoms with Gasteiger partial charge in [-0.1, -0.05) is 39.3 Å². The Bertz CT molecular complexity index is 444. The Morgan fingerprint density at radius 1 is 1.30 bits per heavy atom. The van der Waals surface area contributed by atoms with E-state index in [0.29, 0.717) is 5.41 Å². The van der Waals surface area contributed by atoms with Crippen LogP contribution in [0.3, 0.4) is 0 Å². The first-order valence-electron chi connectivity index (χ1n) is 7.88. The predicted octanol–water partition coefficient (Wildman–Crippen LogP) is 4.69. The summed E-state index contributed by atoms with van der Waals surface area (Å²) in [7, 11) is 0. The zero-order valence-corrected chi connectivity index (χ0v) is 13.1. The van der Waals surface area contributed by atoms with Gasteiger partial charge in [0.05, 0.1) is 0 Å². The molecule has 20 heavy (non-hydrogen) atoms. The smallest absolute Gasteiger partial charge is 0.123 e. The largest absolute Gasteiger partial charge is 0.325 e. The Balaban J connectivity index is 1.98. The van der Waals surface area contributed by atoms with Gasteiger partial charge in [-0.15, -0.1) is 0 Å². The average molecular weight is 277 g/mol. The van der Waals surface area contributed by atoms with E-state index >= 15 is 0 Å². The summed E-state index contributed by atoms with van der Waals surface area (Å²) >= 11 is 0. The highest BCUT2D eigenvalue weighted by atomic mass is 19.1. The van der Waals surface area contributed by atoms with Crippen LogP contribution in [0.25, 0.3) is 0 Å².